The Labute approximate surface area is 128 Å². The number of fused-ring (bicyclic) bond motifs is 1. The molecule has 22 heavy (non-hydrogen) atoms. The van der Waals surface area contributed by atoms with Crippen LogP contribution >= 0.6 is 0 Å². The van der Waals surface area contributed by atoms with Gasteiger partial charge >= 0.3 is 0 Å². The van der Waals surface area contributed by atoms with Gasteiger partial charge < -0.3 is 0 Å². The van der Waals surface area contributed by atoms with Gasteiger partial charge in [-0.1, -0.05) is 12.1 Å². The maximum Gasteiger partial charge on any atom is 0.216 e. The molecule has 2 aromatic rings. The molecule has 1 aliphatic rings. The minimum atomic E-state index is -3.52. The van der Waals surface area contributed by atoms with E-state index in [2.05, 4.69) is 14.8 Å². The molecular weight excluding hydrogens is 302 g/mol. The molecule has 0 fully saturated rings. The lowest BCUT2D eigenvalue weighted by molar-refractivity contribution is 0.400. The number of nitrogens with one attached hydrogen (secondary N) is 1. The highest BCUT2D eigenvalue weighted by Gasteiger charge is 2.26. The van der Waals surface area contributed by atoms with Gasteiger partial charge in [-0.3, -0.25) is 0 Å². The number of aromatic nitrogens is 3. The van der Waals surface area contributed by atoms with Crippen LogP contribution in [0.1, 0.15) is 35.8 Å². The van der Waals surface area contributed by atoms with E-state index in [9.17, 15) is 8.42 Å². The number of nitrogens with zero attached hydrogens (tertiary/aromatic N) is 4. The SMILES string of the molecule is N#Cc1cccc(CS(=O)(=O)N[C@@H]2CCCn3ncnc32)c1. The molecular formula is C14H15N5O2S. The van der Waals surface area contributed by atoms with Crippen molar-refractivity contribution >= 4 is 10.0 Å². The lowest BCUT2D eigenvalue weighted by Gasteiger charge is -2.23. The van der Waals surface area contributed by atoms with Crippen molar-refractivity contribution < 1.29 is 8.42 Å². The molecule has 1 N–H and O–H groups in total. The topological polar surface area (TPSA) is 101 Å². The normalized spacial score (nSPS) is 17.7. The van der Waals surface area contributed by atoms with E-state index in [4.69, 9.17) is 5.26 Å². The van der Waals surface area contributed by atoms with Crippen LogP contribution in [0.2, 0.25) is 0 Å². The molecule has 1 atom stereocenters. The van der Waals surface area contributed by atoms with Crippen molar-refractivity contribution in [3.05, 3.63) is 47.5 Å². The summed E-state index contributed by atoms with van der Waals surface area (Å²) in [5, 5.41) is 13.0. The third-order valence-electron chi connectivity index (χ3n) is 3.55. The molecule has 0 saturated carbocycles. The van der Waals surface area contributed by atoms with E-state index in [0.717, 1.165) is 13.0 Å². The van der Waals surface area contributed by atoms with Crippen molar-refractivity contribution in [2.75, 3.05) is 0 Å². The fourth-order valence-corrected chi connectivity index (χ4v) is 3.97. The summed E-state index contributed by atoms with van der Waals surface area (Å²) in [7, 11) is -3.52. The maximum absolute atomic E-state index is 12.3. The van der Waals surface area contributed by atoms with Crippen LogP contribution in [0.5, 0.6) is 0 Å². The molecule has 114 valence electrons. The third kappa shape index (κ3) is 3.16. The zero-order valence-corrected chi connectivity index (χ0v) is 12.6. The highest BCUT2D eigenvalue weighted by atomic mass is 32.2. The van der Waals surface area contributed by atoms with Crippen molar-refractivity contribution in [3.63, 3.8) is 0 Å². The molecule has 0 bridgehead atoms. The Balaban J connectivity index is 1.76. The van der Waals surface area contributed by atoms with Gasteiger partial charge in [-0.15, -0.1) is 0 Å². The predicted octanol–water partition coefficient (Wildman–Crippen LogP) is 1.10. The van der Waals surface area contributed by atoms with Gasteiger partial charge in [0.05, 0.1) is 23.4 Å². The Morgan fingerprint density at radius 2 is 2.32 bits per heavy atom. The average molecular weight is 317 g/mol. The van der Waals surface area contributed by atoms with Crippen molar-refractivity contribution in [1.82, 2.24) is 19.5 Å². The number of hydrogen-bond donors (Lipinski definition) is 1. The van der Waals surface area contributed by atoms with Gasteiger partial charge in [0.2, 0.25) is 10.0 Å². The van der Waals surface area contributed by atoms with E-state index in [-0.39, 0.29) is 11.8 Å². The first-order valence-corrected chi connectivity index (χ1v) is 8.59. The lowest BCUT2D eigenvalue weighted by Crippen LogP contribution is -2.34. The summed E-state index contributed by atoms with van der Waals surface area (Å²) < 4.78 is 29.1. The zero-order valence-electron chi connectivity index (χ0n) is 11.8. The second-order valence-electron chi connectivity index (χ2n) is 5.23. The van der Waals surface area contributed by atoms with Gasteiger partial charge in [0.15, 0.2) is 0 Å². The summed E-state index contributed by atoms with van der Waals surface area (Å²) in [6.45, 7) is 0.762. The van der Waals surface area contributed by atoms with E-state index < -0.39 is 10.0 Å². The summed E-state index contributed by atoms with van der Waals surface area (Å²) in [5.74, 6) is 0.494. The standard InChI is InChI=1S/C14H15N5O2S/c15-8-11-3-1-4-12(7-11)9-22(20,21)18-13-5-2-6-19-14(13)16-10-17-19/h1,3-4,7,10,13,18H,2,5-6,9H2/t13-/m1/s1. The molecule has 0 aliphatic carbocycles. The Kier molecular flexibility index (Phi) is 3.92. The molecule has 1 aromatic carbocycles. The van der Waals surface area contributed by atoms with E-state index in [0.29, 0.717) is 23.4 Å². The van der Waals surface area contributed by atoms with Crippen molar-refractivity contribution in [2.45, 2.75) is 31.2 Å². The predicted molar refractivity (Wildman–Crippen MR) is 78.9 cm³/mol. The second-order valence-corrected chi connectivity index (χ2v) is 6.98. The Morgan fingerprint density at radius 1 is 1.45 bits per heavy atom. The first-order chi connectivity index (χ1) is 10.6. The Hall–Kier alpha value is -2.24. The second kappa shape index (κ2) is 5.87. The van der Waals surface area contributed by atoms with Crippen LogP contribution in [-0.2, 0) is 22.3 Å². The summed E-state index contributed by atoms with van der Waals surface area (Å²) in [4.78, 5) is 4.14. The largest absolute Gasteiger partial charge is 0.248 e. The van der Waals surface area contributed by atoms with Gasteiger partial charge in [0.1, 0.15) is 12.2 Å². The summed E-state index contributed by atoms with van der Waals surface area (Å²) in [5.41, 5.74) is 1.04. The fourth-order valence-electron chi connectivity index (χ4n) is 2.61. The highest BCUT2D eigenvalue weighted by molar-refractivity contribution is 7.88. The molecule has 0 saturated heterocycles. The van der Waals surface area contributed by atoms with Crippen LogP contribution in [-0.4, -0.2) is 23.2 Å². The maximum atomic E-state index is 12.3. The molecule has 0 amide bonds. The number of sulfonamides is 1. The molecule has 0 spiro atoms. The smallest absolute Gasteiger partial charge is 0.216 e. The van der Waals surface area contributed by atoms with Crippen LogP contribution in [0.15, 0.2) is 30.6 Å². The van der Waals surface area contributed by atoms with Crippen LogP contribution in [0, 0.1) is 11.3 Å². The van der Waals surface area contributed by atoms with Crippen LogP contribution in [0.4, 0.5) is 0 Å². The van der Waals surface area contributed by atoms with Crippen LogP contribution < -0.4 is 4.72 Å². The fraction of sp³-hybridized carbons (Fsp3) is 0.357. The van der Waals surface area contributed by atoms with Gasteiger partial charge in [0, 0.05) is 6.54 Å². The summed E-state index contributed by atoms with van der Waals surface area (Å²) >= 11 is 0. The van der Waals surface area contributed by atoms with Gasteiger partial charge in [-0.05, 0) is 30.5 Å². The summed E-state index contributed by atoms with van der Waals surface area (Å²) in [6.07, 6.45) is 3.00. The molecule has 0 radical (unpaired) electrons. The Bertz CT molecular complexity index is 822. The van der Waals surface area contributed by atoms with Gasteiger partial charge in [-0.25, -0.2) is 22.8 Å². The molecule has 1 aliphatic heterocycles. The third-order valence-corrected chi connectivity index (χ3v) is 4.91. The quantitative estimate of drug-likeness (QED) is 0.910. The molecule has 1 aromatic heterocycles. The number of hydrogen-bond acceptors (Lipinski definition) is 5. The van der Waals surface area contributed by atoms with E-state index in [1.165, 1.54) is 6.33 Å². The minimum Gasteiger partial charge on any atom is -0.248 e. The van der Waals surface area contributed by atoms with Crippen molar-refractivity contribution in [1.29, 1.82) is 5.26 Å². The highest BCUT2D eigenvalue weighted by Crippen LogP contribution is 2.23. The number of nitriles is 1. The number of aryl methyl sites for hydroxylation is 1. The minimum absolute atomic E-state index is 0.160. The molecule has 3 rings (SSSR count). The molecule has 2 heterocycles. The molecule has 0 unspecified atom stereocenters. The first kappa shape index (κ1) is 14.7. The number of benzene rings is 1. The van der Waals surface area contributed by atoms with Gasteiger partial charge in [0.25, 0.3) is 0 Å². The van der Waals surface area contributed by atoms with Crippen molar-refractivity contribution in [2.24, 2.45) is 0 Å². The van der Waals surface area contributed by atoms with Crippen LogP contribution in [0.3, 0.4) is 0 Å². The van der Waals surface area contributed by atoms with E-state index in [1.54, 1.807) is 28.9 Å². The molecule has 7 nitrogen and oxygen atoms in total. The van der Waals surface area contributed by atoms with Crippen LogP contribution in [0.25, 0.3) is 0 Å². The lowest BCUT2D eigenvalue weighted by atomic mass is 10.1. The number of rotatable bonds is 4. The van der Waals surface area contributed by atoms with E-state index in [1.807, 2.05) is 6.07 Å². The summed E-state index contributed by atoms with van der Waals surface area (Å²) in [6, 6.07) is 8.27. The van der Waals surface area contributed by atoms with Crippen molar-refractivity contribution in [3.8, 4) is 6.07 Å². The monoisotopic (exact) mass is 317 g/mol. The van der Waals surface area contributed by atoms with Gasteiger partial charge in [-0.2, -0.15) is 10.4 Å². The average Bonchev–Trinajstić information content (AvgIpc) is 2.96. The van der Waals surface area contributed by atoms with E-state index >= 15 is 0 Å². The molecule has 8 heteroatoms. The Morgan fingerprint density at radius 3 is 3.14 bits per heavy atom. The first-order valence-electron chi connectivity index (χ1n) is 6.94. The zero-order chi connectivity index (χ0) is 15.6.